The van der Waals surface area contributed by atoms with E-state index in [1.807, 2.05) is 47.0 Å². The smallest absolute Gasteiger partial charge is 0.255 e. The molecule has 11 aromatic rings. The largest absolute Gasteiger partial charge is 0.311 e. The zero-order valence-electron chi connectivity index (χ0n) is 44.5. The fourth-order valence-electron chi connectivity index (χ4n) is 14.3. The summed E-state index contributed by atoms with van der Waals surface area (Å²) in [5, 5.41) is 0. The number of fused-ring (bicyclic) bond motifs is 14. The minimum absolute atomic E-state index is 0.0944. The third kappa shape index (κ3) is 6.74. The molecule has 0 spiro atoms. The van der Waals surface area contributed by atoms with E-state index in [2.05, 4.69) is 261 Å². The molecule has 0 aromatic heterocycles. The van der Waals surface area contributed by atoms with Crippen LogP contribution in [0.15, 0.2) is 258 Å². The van der Waals surface area contributed by atoms with Crippen LogP contribution in [-0.2, 0) is 0 Å². The fourth-order valence-corrected chi connectivity index (χ4v) is 19.5. The normalized spacial score (nSPS) is 14.2. The molecule has 6 aliphatic heterocycles. The van der Waals surface area contributed by atoms with Gasteiger partial charge in [-0.1, -0.05) is 214 Å². The minimum atomic E-state index is -0.149. The van der Waals surface area contributed by atoms with E-state index in [1.54, 1.807) is 0 Å². The molecule has 11 aromatic carbocycles. The van der Waals surface area contributed by atoms with Gasteiger partial charge in [-0.3, -0.25) is 0 Å². The molecular formula is C70H48B3N3S4. The molecular weight excluding hydrogens is 1040 g/mol. The quantitative estimate of drug-likeness (QED) is 0.157. The first kappa shape index (κ1) is 47.2. The average molecular weight is 1090 g/mol. The van der Waals surface area contributed by atoms with Crippen molar-refractivity contribution in [1.29, 1.82) is 0 Å². The summed E-state index contributed by atoms with van der Waals surface area (Å²) in [5.41, 5.74) is 28.3. The van der Waals surface area contributed by atoms with Gasteiger partial charge >= 0.3 is 0 Å². The molecule has 0 N–H and O–H groups in total. The predicted octanol–water partition coefficient (Wildman–Crippen LogP) is 13.4. The molecule has 0 saturated carbocycles. The van der Waals surface area contributed by atoms with Crippen LogP contribution >= 0.6 is 47.0 Å². The molecule has 376 valence electrons. The maximum absolute atomic E-state index is 2.72. The molecule has 0 bridgehead atoms. The van der Waals surface area contributed by atoms with Crippen LogP contribution in [0.5, 0.6) is 0 Å². The highest BCUT2D eigenvalue weighted by Gasteiger charge is 2.52. The lowest BCUT2D eigenvalue weighted by Gasteiger charge is -2.49. The summed E-state index contributed by atoms with van der Waals surface area (Å²) in [7, 11) is 0. The number of nitrogens with zero attached hydrogens (tertiary/aromatic N) is 3. The Labute approximate surface area is 486 Å². The summed E-state index contributed by atoms with van der Waals surface area (Å²) in [5.74, 6) is 0. The monoisotopic (exact) mass is 1090 g/mol. The molecule has 10 heteroatoms. The van der Waals surface area contributed by atoms with E-state index in [0.29, 0.717) is 0 Å². The van der Waals surface area contributed by atoms with Gasteiger partial charge in [0.05, 0.1) is 17.1 Å². The maximum Gasteiger partial charge on any atom is 0.255 e. The first-order valence-corrected chi connectivity index (χ1v) is 30.9. The highest BCUT2D eigenvalue weighted by atomic mass is 32.2. The van der Waals surface area contributed by atoms with Crippen molar-refractivity contribution < 1.29 is 0 Å². The SMILES string of the molecule is Cc1cccc(C)c1N1c2cc(N(c3ccccc3)c3ccccc3)cc3c2B(c2c1cc1c4c2Sc2ccccc2B4c2ccccc2S1)c1c(cc2c4c1Sc1ccccc1B4c1ccccc1S2)N3c1c(C)cccc1C. The van der Waals surface area contributed by atoms with E-state index in [-0.39, 0.29) is 20.1 Å². The third-order valence-electron chi connectivity index (χ3n) is 17.5. The minimum Gasteiger partial charge on any atom is -0.311 e. The molecule has 0 radical (unpaired) electrons. The van der Waals surface area contributed by atoms with Gasteiger partial charge in [0.15, 0.2) is 0 Å². The van der Waals surface area contributed by atoms with E-state index < -0.39 is 0 Å². The fraction of sp³-hybridized carbons (Fsp3) is 0.0571. The number of benzene rings is 11. The van der Waals surface area contributed by atoms with E-state index in [0.717, 1.165) is 17.1 Å². The Balaban J connectivity index is 1.07. The second kappa shape index (κ2) is 18.0. The van der Waals surface area contributed by atoms with Gasteiger partial charge < -0.3 is 14.7 Å². The van der Waals surface area contributed by atoms with Crippen LogP contribution in [0.1, 0.15) is 22.3 Å². The lowest BCUT2D eigenvalue weighted by molar-refractivity contribution is 1.17. The van der Waals surface area contributed by atoms with E-state index in [9.17, 15) is 0 Å². The Morgan fingerprint density at radius 3 is 1.01 bits per heavy atom. The summed E-state index contributed by atoms with van der Waals surface area (Å²) < 4.78 is 0. The summed E-state index contributed by atoms with van der Waals surface area (Å²) in [6.45, 7) is 9.31. The van der Waals surface area contributed by atoms with E-state index in [1.165, 1.54) is 145 Å². The van der Waals surface area contributed by atoms with Crippen molar-refractivity contribution in [2.45, 2.75) is 66.9 Å². The van der Waals surface area contributed by atoms with Gasteiger partial charge in [-0.2, -0.15) is 0 Å². The van der Waals surface area contributed by atoms with Gasteiger partial charge in [-0.05, 0) is 150 Å². The van der Waals surface area contributed by atoms with E-state index >= 15 is 0 Å². The predicted molar refractivity (Wildman–Crippen MR) is 346 cm³/mol. The standard InChI is InChI=1S/C70H48B3N3S4/c1-41-21-19-22-42(2)67(41)75-52-37-47(74(45-25-7-5-8-26-45)46-27-9-6-10-28-46)38-53-62(52)73(63-54(75)39-60-65-69(63)79-58-35-17-13-31-50(58)71(65)48-29-11-15-33-56(48)77-60)64-55(76(53)68-43(3)23-20-24-44(68)4)40-61-66-70(64)80-59-36-18-14-32-51(59)72(66)49-30-12-16-34-57(49)78-61/h5-40H,1-4H3. The second-order valence-electron chi connectivity index (χ2n) is 22.0. The summed E-state index contributed by atoms with van der Waals surface area (Å²) in [6.07, 6.45) is 0. The number of hydrogen-bond donors (Lipinski definition) is 0. The molecule has 0 saturated heterocycles. The first-order valence-electron chi connectivity index (χ1n) is 27.7. The molecule has 0 unspecified atom stereocenters. The maximum atomic E-state index is 2.72. The Hall–Kier alpha value is -7.59. The van der Waals surface area contributed by atoms with Gasteiger partial charge in [0.2, 0.25) is 13.4 Å². The highest BCUT2D eigenvalue weighted by molar-refractivity contribution is 8.02. The molecule has 0 atom stereocenters. The molecule has 6 heterocycles. The molecule has 0 amide bonds. The van der Waals surface area contributed by atoms with Crippen molar-refractivity contribution in [3.05, 3.63) is 241 Å². The second-order valence-corrected chi connectivity index (χ2v) is 26.3. The van der Waals surface area contributed by atoms with Crippen molar-refractivity contribution in [3.8, 4) is 0 Å². The molecule has 17 rings (SSSR count). The number of rotatable bonds is 5. The molecule has 0 fully saturated rings. The first-order chi connectivity index (χ1) is 39.4. The zero-order valence-corrected chi connectivity index (χ0v) is 47.8. The molecule has 0 aliphatic carbocycles. The van der Waals surface area contributed by atoms with Crippen LogP contribution in [-0.4, -0.2) is 20.1 Å². The van der Waals surface area contributed by atoms with Crippen LogP contribution in [0.2, 0.25) is 0 Å². The lowest BCUT2D eigenvalue weighted by atomic mass is 9.30. The number of anilines is 9. The number of para-hydroxylation sites is 4. The van der Waals surface area contributed by atoms with Crippen LogP contribution in [0.4, 0.5) is 51.2 Å². The van der Waals surface area contributed by atoms with Crippen molar-refractivity contribution in [2.75, 3.05) is 14.7 Å². The van der Waals surface area contributed by atoms with Crippen molar-refractivity contribution >= 4 is 168 Å². The van der Waals surface area contributed by atoms with Crippen LogP contribution in [0, 0.1) is 27.7 Å². The van der Waals surface area contributed by atoms with Crippen LogP contribution in [0.3, 0.4) is 0 Å². The molecule has 80 heavy (non-hydrogen) atoms. The van der Waals surface area contributed by atoms with Crippen molar-refractivity contribution in [1.82, 2.24) is 0 Å². The van der Waals surface area contributed by atoms with E-state index in [4.69, 9.17) is 0 Å². The molecule has 3 nitrogen and oxygen atoms in total. The Morgan fingerprint density at radius 2 is 0.625 bits per heavy atom. The van der Waals surface area contributed by atoms with Gasteiger partial charge in [-0.25, -0.2) is 0 Å². The average Bonchev–Trinajstić information content (AvgIpc) is 3.50. The van der Waals surface area contributed by atoms with Gasteiger partial charge in [-0.15, -0.1) is 0 Å². The van der Waals surface area contributed by atoms with Crippen molar-refractivity contribution in [3.63, 3.8) is 0 Å². The van der Waals surface area contributed by atoms with Gasteiger partial charge in [0.1, 0.15) is 0 Å². The Kier molecular flexibility index (Phi) is 10.6. The van der Waals surface area contributed by atoms with Crippen molar-refractivity contribution in [2.24, 2.45) is 0 Å². The van der Waals surface area contributed by atoms with Gasteiger partial charge in [0, 0.05) is 73.3 Å². The third-order valence-corrected chi connectivity index (χ3v) is 22.3. The van der Waals surface area contributed by atoms with Crippen LogP contribution in [0.25, 0.3) is 0 Å². The Morgan fingerprint density at radius 1 is 0.287 bits per heavy atom. The Bertz CT molecular complexity index is 4150. The highest BCUT2D eigenvalue weighted by Crippen LogP contribution is 2.54. The lowest BCUT2D eigenvalue weighted by Crippen LogP contribution is -2.67. The molecule has 6 aliphatic rings. The zero-order chi connectivity index (χ0) is 53.1. The number of aryl methyl sites for hydroxylation is 4. The summed E-state index contributed by atoms with van der Waals surface area (Å²) >= 11 is 7.94. The topological polar surface area (TPSA) is 9.72 Å². The van der Waals surface area contributed by atoms with Crippen LogP contribution < -0.4 is 63.9 Å². The van der Waals surface area contributed by atoms with Gasteiger partial charge in [0.25, 0.3) is 6.71 Å². The number of hydrogen-bond acceptors (Lipinski definition) is 7. The summed E-state index contributed by atoms with van der Waals surface area (Å²) in [6, 6.07) is 83.0. The summed E-state index contributed by atoms with van der Waals surface area (Å²) in [4.78, 5) is 18.7.